The van der Waals surface area contributed by atoms with Crippen LogP contribution in [0.5, 0.6) is 0 Å². The summed E-state index contributed by atoms with van der Waals surface area (Å²) < 4.78 is 0. The molecule has 0 aliphatic carbocycles. The largest absolute Gasteiger partial charge is 0.480 e. The minimum Gasteiger partial charge on any atom is -0.480 e. The molecule has 2 aliphatic heterocycles. The van der Waals surface area contributed by atoms with E-state index in [1.54, 1.807) is 11.8 Å². The topological polar surface area (TPSA) is 69.6 Å². The number of nitrogens with one attached hydrogen (secondary N) is 1. The van der Waals surface area contributed by atoms with Crippen molar-refractivity contribution in [2.75, 3.05) is 17.3 Å². The molecule has 2 unspecified atom stereocenters. The van der Waals surface area contributed by atoms with Gasteiger partial charge in [0.2, 0.25) is 0 Å². The Bertz CT molecular complexity index is 348. The fourth-order valence-electron chi connectivity index (χ4n) is 2.43. The summed E-state index contributed by atoms with van der Waals surface area (Å²) in [5.41, 5.74) is 0. The number of carboxylic acids is 1. The summed E-state index contributed by atoms with van der Waals surface area (Å²) >= 11 is 3.46. The Balaban J connectivity index is 1.99. The maximum atomic E-state index is 12.3. The molecule has 0 radical (unpaired) electrons. The van der Waals surface area contributed by atoms with Gasteiger partial charge in [-0.2, -0.15) is 11.8 Å². The fourth-order valence-corrected chi connectivity index (χ4v) is 4.88. The number of carboxylic acid groups (broad SMARTS) is 1. The van der Waals surface area contributed by atoms with E-state index in [2.05, 4.69) is 5.32 Å². The van der Waals surface area contributed by atoms with Gasteiger partial charge in [-0.3, -0.25) is 4.90 Å². The number of carbonyl (C=O) groups excluding carboxylic acids is 1. The van der Waals surface area contributed by atoms with Crippen LogP contribution in [0.2, 0.25) is 0 Å². The molecule has 108 valence electrons. The van der Waals surface area contributed by atoms with Crippen molar-refractivity contribution in [3.63, 3.8) is 0 Å². The van der Waals surface area contributed by atoms with E-state index >= 15 is 0 Å². The number of urea groups is 1. The summed E-state index contributed by atoms with van der Waals surface area (Å²) in [4.78, 5) is 25.1. The van der Waals surface area contributed by atoms with Crippen LogP contribution in [0.15, 0.2) is 0 Å². The summed E-state index contributed by atoms with van der Waals surface area (Å²) in [5, 5.41) is 12.2. The van der Waals surface area contributed by atoms with Crippen molar-refractivity contribution in [3.05, 3.63) is 0 Å². The lowest BCUT2D eigenvalue weighted by molar-refractivity contribution is -0.141. The van der Waals surface area contributed by atoms with Gasteiger partial charge in [0.05, 0.1) is 5.37 Å². The first-order chi connectivity index (χ1) is 9.13. The maximum Gasteiger partial charge on any atom is 0.327 e. The predicted octanol–water partition coefficient (Wildman–Crippen LogP) is 1.83. The normalized spacial score (nSPS) is 28.4. The number of hydrogen-bond acceptors (Lipinski definition) is 4. The minimum atomic E-state index is -0.905. The first-order valence-corrected chi connectivity index (χ1v) is 8.84. The van der Waals surface area contributed by atoms with Gasteiger partial charge >= 0.3 is 12.0 Å². The fraction of sp³-hybridized carbons (Fsp3) is 0.833. The van der Waals surface area contributed by atoms with E-state index in [1.165, 1.54) is 4.90 Å². The molecule has 19 heavy (non-hydrogen) atoms. The standard InChI is InChI=1S/C12H20N2O3S2/c1-2-10-14(9(7-19-10)11(15)16)12(17)13-8-3-5-18-6-4-8/h8-10H,2-7H2,1H3,(H,13,17)(H,15,16). The van der Waals surface area contributed by atoms with Gasteiger partial charge < -0.3 is 10.4 Å². The molecule has 2 saturated heterocycles. The van der Waals surface area contributed by atoms with Crippen LogP contribution in [-0.2, 0) is 4.79 Å². The van der Waals surface area contributed by atoms with Gasteiger partial charge in [-0.25, -0.2) is 9.59 Å². The van der Waals surface area contributed by atoms with Crippen LogP contribution in [0, 0.1) is 0 Å². The second kappa shape index (κ2) is 6.74. The summed E-state index contributed by atoms with van der Waals surface area (Å²) in [6.07, 6.45) is 2.74. The van der Waals surface area contributed by atoms with Gasteiger partial charge in [0.1, 0.15) is 6.04 Å². The van der Waals surface area contributed by atoms with Crippen LogP contribution in [0.1, 0.15) is 26.2 Å². The third kappa shape index (κ3) is 3.51. The summed E-state index contributed by atoms with van der Waals surface area (Å²) in [5.74, 6) is 1.72. The van der Waals surface area contributed by atoms with Crippen molar-refractivity contribution in [2.45, 2.75) is 43.6 Å². The molecule has 0 aromatic rings. The predicted molar refractivity (Wildman–Crippen MR) is 78.7 cm³/mol. The van der Waals surface area contributed by atoms with E-state index in [4.69, 9.17) is 0 Å². The second-order valence-electron chi connectivity index (χ2n) is 4.79. The molecule has 2 fully saturated rings. The van der Waals surface area contributed by atoms with Gasteiger partial charge in [0, 0.05) is 11.8 Å². The third-order valence-corrected chi connectivity index (χ3v) is 6.01. The Kier molecular flexibility index (Phi) is 5.27. The van der Waals surface area contributed by atoms with Crippen molar-refractivity contribution >= 4 is 35.5 Å². The van der Waals surface area contributed by atoms with Crippen LogP contribution in [0.25, 0.3) is 0 Å². The zero-order valence-corrected chi connectivity index (χ0v) is 12.6. The van der Waals surface area contributed by atoms with Crippen LogP contribution in [0.4, 0.5) is 4.79 Å². The Labute approximate surface area is 121 Å². The van der Waals surface area contributed by atoms with Crippen LogP contribution in [0.3, 0.4) is 0 Å². The van der Waals surface area contributed by atoms with Gasteiger partial charge in [0.25, 0.3) is 0 Å². The quantitative estimate of drug-likeness (QED) is 0.832. The van der Waals surface area contributed by atoms with E-state index in [0.717, 1.165) is 30.8 Å². The first-order valence-electron chi connectivity index (χ1n) is 6.64. The third-order valence-electron chi connectivity index (χ3n) is 3.51. The number of rotatable bonds is 3. The molecule has 5 nitrogen and oxygen atoms in total. The highest BCUT2D eigenvalue weighted by molar-refractivity contribution is 8.00. The van der Waals surface area contributed by atoms with Crippen molar-refractivity contribution in [3.8, 4) is 0 Å². The Morgan fingerprint density at radius 3 is 2.63 bits per heavy atom. The molecule has 2 N–H and O–H groups in total. The second-order valence-corrected chi connectivity index (χ2v) is 7.23. The molecular formula is C12H20N2O3S2. The lowest BCUT2D eigenvalue weighted by atomic mass is 10.1. The maximum absolute atomic E-state index is 12.3. The zero-order valence-electron chi connectivity index (χ0n) is 11.0. The van der Waals surface area contributed by atoms with Crippen LogP contribution >= 0.6 is 23.5 Å². The van der Waals surface area contributed by atoms with Crippen LogP contribution in [-0.4, -0.2) is 56.7 Å². The molecule has 0 aromatic heterocycles. The van der Waals surface area contributed by atoms with E-state index in [0.29, 0.717) is 5.75 Å². The average Bonchev–Trinajstić information content (AvgIpc) is 2.83. The van der Waals surface area contributed by atoms with Gasteiger partial charge in [0.15, 0.2) is 0 Å². The molecule has 2 aliphatic rings. The molecular weight excluding hydrogens is 284 g/mol. The SMILES string of the molecule is CCC1SCC(C(=O)O)N1C(=O)NC1CCSCC1. The average molecular weight is 304 g/mol. The molecule has 0 saturated carbocycles. The molecule has 2 heterocycles. The van der Waals surface area contributed by atoms with Crippen molar-refractivity contribution in [1.82, 2.24) is 10.2 Å². The minimum absolute atomic E-state index is 0.0148. The van der Waals surface area contributed by atoms with Crippen molar-refractivity contribution in [1.29, 1.82) is 0 Å². The van der Waals surface area contributed by atoms with Crippen molar-refractivity contribution < 1.29 is 14.7 Å². The molecule has 0 bridgehead atoms. The Morgan fingerprint density at radius 2 is 2.05 bits per heavy atom. The van der Waals surface area contributed by atoms with E-state index in [1.807, 2.05) is 18.7 Å². The molecule has 2 amide bonds. The molecule has 2 atom stereocenters. The van der Waals surface area contributed by atoms with Gasteiger partial charge in [-0.05, 0) is 30.8 Å². The zero-order chi connectivity index (χ0) is 13.8. The van der Waals surface area contributed by atoms with Crippen molar-refractivity contribution in [2.24, 2.45) is 0 Å². The van der Waals surface area contributed by atoms with Gasteiger partial charge in [-0.1, -0.05) is 6.92 Å². The van der Waals surface area contributed by atoms with Crippen LogP contribution < -0.4 is 5.32 Å². The molecule has 2 rings (SSSR count). The number of aliphatic carboxylic acids is 1. The summed E-state index contributed by atoms with van der Waals surface area (Å²) in [7, 11) is 0. The lowest BCUT2D eigenvalue weighted by Gasteiger charge is -2.30. The summed E-state index contributed by atoms with van der Waals surface area (Å²) in [6, 6.07) is -0.694. The molecule has 7 heteroatoms. The Morgan fingerprint density at radius 1 is 1.37 bits per heavy atom. The number of carbonyl (C=O) groups is 2. The number of thioether (sulfide) groups is 2. The first kappa shape index (κ1) is 14.8. The van der Waals surface area contributed by atoms with E-state index < -0.39 is 12.0 Å². The Hall–Kier alpha value is -0.560. The number of hydrogen-bond donors (Lipinski definition) is 2. The molecule has 0 aromatic carbocycles. The van der Waals surface area contributed by atoms with E-state index in [9.17, 15) is 14.7 Å². The summed E-state index contributed by atoms with van der Waals surface area (Å²) in [6.45, 7) is 1.99. The molecule has 0 spiro atoms. The number of amides is 2. The highest BCUT2D eigenvalue weighted by atomic mass is 32.2. The van der Waals surface area contributed by atoms with Gasteiger partial charge in [-0.15, -0.1) is 11.8 Å². The van der Waals surface area contributed by atoms with E-state index in [-0.39, 0.29) is 17.4 Å². The smallest absolute Gasteiger partial charge is 0.327 e. The number of nitrogens with zero attached hydrogens (tertiary/aromatic N) is 1. The highest BCUT2D eigenvalue weighted by Crippen LogP contribution is 2.31. The lowest BCUT2D eigenvalue weighted by Crippen LogP contribution is -2.52. The monoisotopic (exact) mass is 304 g/mol. The highest BCUT2D eigenvalue weighted by Gasteiger charge is 2.41.